The van der Waals surface area contributed by atoms with Gasteiger partial charge in [0.25, 0.3) is 0 Å². The first kappa shape index (κ1) is 15.8. The molecule has 5 nitrogen and oxygen atoms in total. The number of ether oxygens (including phenoxy) is 2. The summed E-state index contributed by atoms with van der Waals surface area (Å²) in [5.41, 5.74) is 0.995. The Labute approximate surface area is 130 Å². The first-order valence-corrected chi connectivity index (χ1v) is 8.30. The van der Waals surface area contributed by atoms with Gasteiger partial charge in [-0.2, -0.15) is 11.8 Å². The van der Waals surface area contributed by atoms with Crippen LogP contribution in [0.3, 0.4) is 0 Å². The number of methoxy groups -OCH3 is 1. The standard InChI is InChI=1S/C15H22N2O3S/c1-3-20-13-5-4-12(10-14(13)19-2)11-16-15(18)17-6-8-21-9-7-17/h4-5,10H,3,6-9,11H2,1-2H3,(H,16,18). The molecule has 1 aromatic rings. The second-order valence-electron chi connectivity index (χ2n) is 4.68. The smallest absolute Gasteiger partial charge is 0.317 e. The van der Waals surface area contributed by atoms with Gasteiger partial charge >= 0.3 is 6.03 Å². The third-order valence-corrected chi connectivity index (χ3v) is 4.21. The zero-order chi connectivity index (χ0) is 15.1. The Morgan fingerprint density at radius 2 is 2.10 bits per heavy atom. The summed E-state index contributed by atoms with van der Waals surface area (Å²) >= 11 is 1.89. The van der Waals surface area contributed by atoms with Crippen LogP contribution in [0.15, 0.2) is 18.2 Å². The van der Waals surface area contributed by atoms with Crippen molar-refractivity contribution in [1.82, 2.24) is 10.2 Å². The van der Waals surface area contributed by atoms with Gasteiger partial charge in [-0.3, -0.25) is 0 Å². The molecule has 2 rings (SSSR count). The number of thioether (sulfide) groups is 1. The molecule has 0 unspecified atom stereocenters. The van der Waals surface area contributed by atoms with Gasteiger partial charge in [-0.15, -0.1) is 0 Å². The third-order valence-electron chi connectivity index (χ3n) is 3.27. The number of nitrogens with zero attached hydrogens (tertiary/aromatic N) is 1. The highest BCUT2D eigenvalue weighted by Gasteiger charge is 2.16. The van der Waals surface area contributed by atoms with Crippen molar-refractivity contribution in [2.24, 2.45) is 0 Å². The van der Waals surface area contributed by atoms with Gasteiger partial charge in [0.1, 0.15) is 0 Å². The summed E-state index contributed by atoms with van der Waals surface area (Å²) in [6.07, 6.45) is 0. The van der Waals surface area contributed by atoms with Gasteiger partial charge in [0.05, 0.1) is 13.7 Å². The van der Waals surface area contributed by atoms with Crippen molar-refractivity contribution in [3.63, 3.8) is 0 Å². The second-order valence-corrected chi connectivity index (χ2v) is 5.90. The average molecular weight is 310 g/mol. The van der Waals surface area contributed by atoms with E-state index in [1.165, 1.54) is 0 Å². The predicted octanol–water partition coefficient (Wildman–Crippen LogP) is 2.35. The highest BCUT2D eigenvalue weighted by atomic mass is 32.2. The molecule has 0 bridgehead atoms. The second kappa shape index (κ2) is 8.02. The third kappa shape index (κ3) is 4.46. The maximum absolute atomic E-state index is 12.0. The number of benzene rings is 1. The molecule has 1 fully saturated rings. The fraction of sp³-hybridized carbons (Fsp3) is 0.533. The summed E-state index contributed by atoms with van der Waals surface area (Å²) in [7, 11) is 1.62. The molecule has 1 N–H and O–H groups in total. The van der Waals surface area contributed by atoms with Gasteiger partial charge < -0.3 is 19.7 Å². The molecule has 1 aliphatic heterocycles. The normalized spacial score (nSPS) is 14.7. The Bertz CT molecular complexity index is 476. The summed E-state index contributed by atoms with van der Waals surface area (Å²) in [5, 5.41) is 2.95. The molecule has 0 spiro atoms. The van der Waals surface area contributed by atoms with Crippen LogP contribution >= 0.6 is 11.8 Å². The Morgan fingerprint density at radius 1 is 1.33 bits per heavy atom. The highest BCUT2D eigenvalue weighted by molar-refractivity contribution is 7.99. The molecule has 0 aromatic heterocycles. The van der Waals surface area contributed by atoms with E-state index in [1.54, 1.807) is 7.11 Å². The first-order valence-electron chi connectivity index (χ1n) is 7.14. The molecule has 1 saturated heterocycles. The van der Waals surface area contributed by atoms with E-state index in [1.807, 2.05) is 41.8 Å². The number of carbonyl (C=O) groups excluding carboxylic acids is 1. The lowest BCUT2D eigenvalue weighted by molar-refractivity contribution is 0.202. The molecule has 0 aliphatic carbocycles. The number of urea groups is 1. The van der Waals surface area contributed by atoms with Crippen molar-refractivity contribution in [2.45, 2.75) is 13.5 Å². The van der Waals surface area contributed by atoms with Crippen LogP contribution in [-0.4, -0.2) is 49.2 Å². The van der Waals surface area contributed by atoms with Crippen LogP contribution in [0.2, 0.25) is 0 Å². The van der Waals surface area contributed by atoms with E-state index in [2.05, 4.69) is 5.32 Å². The zero-order valence-electron chi connectivity index (χ0n) is 12.6. The topological polar surface area (TPSA) is 50.8 Å². The fourth-order valence-electron chi connectivity index (χ4n) is 2.15. The zero-order valence-corrected chi connectivity index (χ0v) is 13.4. The lowest BCUT2D eigenvalue weighted by Crippen LogP contribution is -2.44. The summed E-state index contributed by atoms with van der Waals surface area (Å²) in [5.74, 6) is 3.45. The van der Waals surface area contributed by atoms with E-state index < -0.39 is 0 Å². The number of hydrogen-bond donors (Lipinski definition) is 1. The van der Waals surface area contributed by atoms with Crippen LogP contribution in [0.5, 0.6) is 11.5 Å². The van der Waals surface area contributed by atoms with Gasteiger partial charge in [0, 0.05) is 31.1 Å². The SMILES string of the molecule is CCOc1ccc(CNC(=O)N2CCSCC2)cc1OC. The Kier molecular flexibility index (Phi) is 6.04. The van der Waals surface area contributed by atoms with Gasteiger partial charge in [-0.05, 0) is 24.6 Å². The largest absolute Gasteiger partial charge is 0.493 e. The molecule has 0 radical (unpaired) electrons. The van der Waals surface area contributed by atoms with E-state index in [0.717, 1.165) is 35.9 Å². The first-order chi connectivity index (χ1) is 10.2. The number of rotatable bonds is 5. The lowest BCUT2D eigenvalue weighted by Gasteiger charge is -2.26. The molecular weight excluding hydrogens is 288 g/mol. The maximum Gasteiger partial charge on any atom is 0.317 e. The van der Waals surface area contributed by atoms with Crippen LogP contribution in [0, 0.1) is 0 Å². The van der Waals surface area contributed by atoms with Gasteiger partial charge in [0.2, 0.25) is 0 Å². The van der Waals surface area contributed by atoms with Crippen LogP contribution in [0.1, 0.15) is 12.5 Å². The monoisotopic (exact) mass is 310 g/mol. The van der Waals surface area contributed by atoms with Gasteiger partial charge in [-0.25, -0.2) is 4.79 Å². The van der Waals surface area contributed by atoms with E-state index in [9.17, 15) is 4.79 Å². The Hall–Kier alpha value is -1.56. The fourth-order valence-corrected chi connectivity index (χ4v) is 3.06. The molecule has 2 amide bonds. The minimum Gasteiger partial charge on any atom is -0.493 e. The van der Waals surface area contributed by atoms with E-state index in [0.29, 0.717) is 18.9 Å². The van der Waals surface area contributed by atoms with Gasteiger partial charge in [0.15, 0.2) is 11.5 Å². The van der Waals surface area contributed by atoms with Crippen LogP contribution in [0.25, 0.3) is 0 Å². The minimum atomic E-state index is 0.00292. The average Bonchev–Trinajstić information content (AvgIpc) is 2.54. The van der Waals surface area contributed by atoms with E-state index in [-0.39, 0.29) is 6.03 Å². The van der Waals surface area contributed by atoms with Crippen molar-refractivity contribution in [2.75, 3.05) is 38.3 Å². The number of hydrogen-bond acceptors (Lipinski definition) is 4. The molecule has 6 heteroatoms. The van der Waals surface area contributed by atoms with Crippen molar-refractivity contribution < 1.29 is 14.3 Å². The quantitative estimate of drug-likeness (QED) is 0.907. The molecule has 116 valence electrons. The molecule has 0 saturated carbocycles. The molecule has 1 heterocycles. The van der Waals surface area contributed by atoms with E-state index in [4.69, 9.17) is 9.47 Å². The van der Waals surface area contributed by atoms with Gasteiger partial charge in [-0.1, -0.05) is 6.07 Å². The van der Waals surface area contributed by atoms with Crippen LogP contribution in [0.4, 0.5) is 4.79 Å². The maximum atomic E-state index is 12.0. The van der Waals surface area contributed by atoms with Crippen molar-refractivity contribution >= 4 is 17.8 Å². The molecule has 1 aromatic carbocycles. The predicted molar refractivity (Wildman–Crippen MR) is 85.3 cm³/mol. The molecule has 0 atom stereocenters. The summed E-state index contributed by atoms with van der Waals surface area (Å²) in [6.45, 7) is 4.67. The molecule has 1 aliphatic rings. The number of amides is 2. The number of carbonyl (C=O) groups is 1. The van der Waals surface area contributed by atoms with Crippen molar-refractivity contribution in [3.8, 4) is 11.5 Å². The highest BCUT2D eigenvalue weighted by Crippen LogP contribution is 2.27. The van der Waals surface area contributed by atoms with Crippen molar-refractivity contribution in [1.29, 1.82) is 0 Å². The summed E-state index contributed by atoms with van der Waals surface area (Å²) in [4.78, 5) is 13.9. The van der Waals surface area contributed by atoms with E-state index >= 15 is 0 Å². The molecule has 21 heavy (non-hydrogen) atoms. The Morgan fingerprint density at radius 3 is 2.76 bits per heavy atom. The van der Waals surface area contributed by atoms with Crippen molar-refractivity contribution in [3.05, 3.63) is 23.8 Å². The van der Waals surface area contributed by atoms with Crippen LogP contribution in [-0.2, 0) is 6.54 Å². The lowest BCUT2D eigenvalue weighted by atomic mass is 10.2. The van der Waals surface area contributed by atoms with Crippen LogP contribution < -0.4 is 14.8 Å². The Balaban J connectivity index is 1.91. The number of nitrogens with one attached hydrogen (secondary N) is 1. The molecular formula is C15H22N2O3S. The summed E-state index contributed by atoms with van der Waals surface area (Å²) in [6, 6.07) is 5.72. The summed E-state index contributed by atoms with van der Waals surface area (Å²) < 4.78 is 10.8. The minimum absolute atomic E-state index is 0.00292.